The summed E-state index contributed by atoms with van der Waals surface area (Å²) in [6, 6.07) is 0.0978. The summed E-state index contributed by atoms with van der Waals surface area (Å²) in [5.41, 5.74) is 0. The molecule has 1 saturated heterocycles. The molecule has 1 aliphatic carbocycles. The SMILES string of the molecule is CC(CN1CCCC1)NC(=O)[C@@H]1CCC[C@@H]1C(=O)O. The number of likely N-dealkylation sites (tertiary alicyclic amines) is 1. The van der Waals surface area contributed by atoms with Crippen molar-refractivity contribution in [2.75, 3.05) is 19.6 Å². The van der Waals surface area contributed by atoms with E-state index in [1.807, 2.05) is 6.92 Å². The first-order valence-corrected chi connectivity index (χ1v) is 7.33. The van der Waals surface area contributed by atoms with Crippen LogP contribution in [-0.4, -0.2) is 47.6 Å². The van der Waals surface area contributed by atoms with Crippen LogP contribution in [0.5, 0.6) is 0 Å². The molecule has 5 heteroatoms. The highest BCUT2D eigenvalue weighted by Crippen LogP contribution is 2.32. The Bertz CT molecular complexity index is 340. The van der Waals surface area contributed by atoms with Crippen LogP contribution in [0.2, 0.25) is 0 Å². The Morgan fingerprint density at radius 2 is 1.84 bits per heavy atom. The van der Waals surface area contributed by atoms with Gasteiger partial charge in [0.2, 0.25) is 5.91 Å². The van der Waals surface area contributed by atoms with E-state index in [9.17, 15) is 9.59 Å². The molecule has 2 aliphatic rings. The molecule has 0 aromatic rings. The second-order valence-corrected chi connectivity index (χ2v) is 5.90. The Morgan fingerprint density at radius 3 is 2.47 bits per heavy atom. The van der Waals surface area contributed by atoms with E-state index in [0.717, 1.165) is 26.1 Å². The van der Waals surface area contributed by atoms with Crippen molar-refractivity contribution in [1.82, 2.24) is 10.2 Å². The molecule has 108 valence electrons. The highest BCUT2D eigenvalue weighted by Gasteiger charge is 2.38. The van der Waals surface area contributed by atoms with Crippen LogP contribution in [0.1, 0.15) is 39.0 Å². The number of carbonyl (C=O) groups is 2. The molecule has 5 nitrogen and oxygen atoms in total. The lowest BCUT2D eigenvalue weighted by molar-refractivity contribution is -0.146. The first kappa shape index (κ1) is 14.3. The van der Waals surface area contributed by atoms with Gasteiger partial charge in [-0.15, -0.1) is 0 Å². The fraction of sp³-hybridized carbons (Fsp3) is 0.857. The van der Waals surface area contributed by atoms with Crippen molar-refractivity contribution < 1.29 is 14.7 Å². The second-order valence-electron chi connectivity index (χ2n) is 5.90. The Labute approximate surface area is 114 Å². The summed E-state index contributed by atoms with van der Waals surface area (Å²) in [7, 11) is 0. The van der Waals surface area contributed by atoms with E-state index in [4.69, 9.17) is 5.11 Å². The predicted molar refractivity (Wildman–Crippen MR) is 71.7 cm³/mol. The fourth-order valence-electron chi connectivity index (χ4n) is 3.32. The molecule has 1 aliphatic heterocycles. The third-order valence-electron chi connectivity index (χ3n) is 4.29. The zero-order valence-corrected chi connectivity index (χ0v) is 11.6. The van der Waals surface area contributed by atoms with Crippen LogP contribution in [-0.2, 0) is 9.59 Å². The Balaban J connectivity index is 1.80. The summed E-state index contributed by atoms with van der Waals surface area (Å²) < 4.78 is 0. The maximum Gasteiger partial charge on any atom is 0.307 e. The van der Waals surface area contributed by atoms with E-state index in [2.05, 4.69) is 10.2 Å². The van der Waals surface area contributed by atoms with Crippen LogP contribution in [0, 0.1) is 11.8 Å². The van der Waals surface area contributed by atoms with E-state index in [-0.39, 0.29) is 17.9 Å². The molecule has 0 bridgehead atoms. The number of hydrogen-bond donors (Lipinski definition) is 2. The number of carboxylic acid groups (broad SMARTS) is 1. The zero-order valence-electron chi connectivity index (χ0n) is 11.6. The molecule has 2 fully saturated rings. The average Bonchev–Trinajstić information content (AvgIpc) is 2.97. The highest BCUT2D eigenvalue weighted by atomic mass is 16.4. The van der Waals surface area contributed by atoms with Crippen molar-refractivity contribution in [3.63, 3.8) is 0 Å². The molecule has 0 aromatic carbocycles. The summed E-state index contributed by atoms with van der Waals surface area (Å²) in [6.07, 6.45) is 4.66. The van der Waals surface area contributed by atoms with Gasteiger partial charge in [-0.2, -0.15) is 0 Å². The molecule has 1 saturated carbocycles. The second kappa shape index (κ2) is 6.37. The number of rotatable bonds is 5. The Morgan fingerprint density at radius 1 is 1.21 bits per heavy atom. The number of amides is 1. The molecule has 1 heterocycles. The van der Waals surface area contributed by atoms with Crippen molar-refractivity contribution in [2.24, 2.45) is 11.8 Å². The maximum absolute atomic E-state index is 12.2. The third kappa shape index (κ3) is 3.69. The van der Waals surface area contributed by atoms with Crippen LogP contribution in [0.25, 0.3) is 0 Å². The predicted octanol–water partition coefficient (Wildman–Crippen LogP) is 1.09. The van der Waals surface area contributed by atoms with E-state index in [1.54, 1.807) is 0 Å². The zero-order chi connectivity index (χ0) is 13.8. The average molecular weight is 268 g/mol. The topological polar surface area (TPSA) is 69.6 Å². The van der Waals surface area contributed by atoms with Gasteiger partial charge >= 0.3 is 5.97 Å². The van der Waals surface area contributed by atoms with Crippen molar-refractivity contribution >= 4 is 11.9 Å². The smallest absolute Gasteiger partial charge is 0.307 e. The monoisotopic (exact) mass is 268 g/mol. The Kier molecular flexibility index (Phi) is 4.80. The van der Waals surface area contributed by atoms with Crippen molar-refractivity contribution in [3.05, 3.63) is 0 Å². The summed E-state index contributed by atoms with van der Waals surface area (Å²) in [6.45, 7) is 5.10. The quantitative estimate of drug-likeness (QED) is 0.783. The number of aliphatic carboxylic acids is 1. The molecular formula is C14H24N2O3. The highest BCUT2D eigenvalue weighted by molar-refractivity contribution is 5.85. The first-order valence-electron chi connectivity index (χ1n) is 7.33. The van der Waals surface area contributed by atoms with Gasteiger partial charge in [0.15, 0.2) is 0 Å². The maximum atomic E-state index is 12.2. The summed E-state index contributed by atoms with van der Waals surface area (Å²) in [5, 5.41) is 12.1. The molecular weight excluding hydrogens is 244 g/mol. The Hall–Kier alpha value is -1.10. The molecule has 2 N–H and O–H groups in total. The van der Waals surface area contributed by atoms with Crippen LogP contribution < -0.4 is 5.32 Å². The van der Waals surface area contributed by atoms with Crippen molar-refractivity contribution in [3.8, 4) is 0 Å². The number of carboxylic acids is 1. The van der Waals surface area contributed by atoms with E-state index in [1.165, 1.54) is 12.8 Å². The number of hydrogen-bond acceptors (Lipinski definition) is 3. The van der Waals surface area contributed by atoms with E-state index >= 15 is 0 Å². The molecule has 0 spiro atoms. The summed E-state index contributed by atoms with van der Waals surface area (Å²) >= 11 is 0. The van der Waals surface area contributed by atoms with E-state index < -0.39 is 11.9 Å². The lowest BCUT2D eigenvalue weighted by atomic mass is 9.95. The minimum atomic E-state index is -0.829. The van der Waals surface area contributed by atoms with Gasteiger partial charge in [0.05, 0.1) is 11.8 Å². The minimum Gasteiger partial charge on any atom is -0.481 e. The molecule has 1 unspecified atom stereocenters. The van der Waals surface area contributed by atoms with Gasteiger partial charge < -0.3 is 15.3 Å². The minimum absolute atomic E-state index is 0.0726. The standard InChI is InChI=1S/C14H24N2O3/c1-10(9-16-7-2-3-8-16)15-13(17)11-5-4-6-12(11)14(18)19/h10-12H,2-9H2,1H3,(H,15,17)(H,18,19)/t10?,11-,12+/m1/s1. The number of carbonyl (C=O) groups excluding carboxylic acids is 1. The molecule has 2 rings (SSSR count). The molecule has 0 radical (unpaired) electrons. The number of nitrogens with one attached hydrogen (secondary N) is 1. The third-order valence-corrected chi connectivity index (χ3v) is 4.29. The normalized spacial score (nSPS) is 29.3. The lowest BCUT2D eigenvalue weighted by Gasteiger charge is -2.23. The van der Waals surface area contributed by atoms with E-state index in [0.29, 0.717) is 12.8 Å². The molecule has 1 amide bonds. The van der Waals surface area contributed by atoms with Crippen LogP contribution in [0.15, 0.2) is 0 Å². The van der Waals surface area contributed by atoms with Crippen LogP contribution >= 0.6 is 0 Å². The van der Waals surface area contributed by atoms with Crippen molar-refractivity contribution in [2.45, 2.75) is 45.1 Å². The fourth-order valence-corrected chi connectivity index (χ4v) is 3.32. The molecule has 3 atom stereocenters. The molecule has 0 aromatic heterocycles. The number of nitrogens with zero attached hydrogens (tertiary/aromatic N) is 1. The summed E-state index contributed by atoms with van der Waals surface area (Å²) in [5.74, 6) is -1.72. The first-order chi connectivity index (χ1) is 9.08. The summed E-state index contributed by atoms with van der Waals surface area (Å²) in [4.78, 5) is 25.6. The largest absolute Gasteiger partial charge is 0.481 e. The van der Waals surface area contributed by atoms with Crippen molar-refractivity contribution in [1.29, 1.82) is 0 Å². The van der Waals surface area contributed by atoms with Gasteiger partial charge in [-0.25, -0.2) is 0 Å². The van der Waals surface area contributed by atoms with Crippen LogP contribution in [0.4, 0.5) is 0 Å². The van der Waals surface area contributed by atoms with Crippen LogP contribution in [0.3, 0.4) is 0 Å². The molecule has 19 heavy (non-hydrogen) atoms. The lowest BCUT2D eigenvalue weighted by Crippen LogP contribution is -2.44. The van der Waals surface area contributed by atoms with Gasteiger partial charge in [-0.05, 0) is 45.7 Å². The van der Waals surface area contributed by atoms with Gasteiger partial charge in [0.1, 0.15) is 0 Å². The van der Waals surface area contributed by atoms with Gasteiger partial charge in [-0.3, -0.25) is 9.59 Å². The van der Waals surface area contributed by atoms with Gasteiger partial charge in [0.25, 0.3) is 0 Å². The van der Waals surface area contributed by atoms with Gasteiger partial charge in [-0.1, -0.05) is 6.42 Å². The van der Waals surface area contributed by atoms with Gasteiger partial charge in [0, 0.05) is 12.6 Å².